The van der Waals surface area contributed by atoms with Crippen molar-refractivity contribution in [1.82, 2.24) is 15.5 Å². The van der Waals surface area contributed by atoms with Crippen LogP contribution in [0.25, 0.3) is 10.6 Å². The molecule has 0 fully saturated rings. The van der Waals surface area contributed by atoms with Gasteiger partial charge in [0.05, 0.1) is 16.6 Å². The molecule has 1 aliphatic rings. The van der Waals surface area contributed by atoms with E-state index in [2.05, 4.69) is 15.5 Å². The van der Waals surface area contributed by atoms with Gasteiger partial charge in [-0.05, 0) is 42.1 Å². The molecular weight excluding hydrogens is 338 g/mol. The van der Waals surface area contributed by atoms with E-state index in [-0.39, 0.29) is 11.9 Å². The number of nitrogens with zero attached hydrogens (tertiary/aromatic N) is 1. The fourth-order valence-electron chi connectivity index (χ4n) is 2.68. The molecule has 0 spiro atoms. The average Bonchev–Trinajstić information content (AvgIpc) is 3.32. The van der Waals surface area contributed by atoms with Crippen molar-refractivity contribution in [1.29, 1.82) is 0 Å². The van der Waals surface area contributed by atoms with Gasteiger partial charge in [-0.15, -0.1) is 11.3 Å². The average molecular weight is 355 g/mol. The van der Waals surface area contributed by atoms with Crippen molar-refractivity contribution in [3.63, 3.8) is 0 Å². The van der Waals surface area contributed by atoms with Crippen LogP contribution in [0.1, 0.15) is 29.0 Å². The maximum absolute atomic E-state index is 12.5. The molecule has 1 atom stereocenters. The Morgan fingerprint density at radius 1 is 1.24 bits per heavy atom. The molecule has 4 rings (SSSR count). The number of aromatic amines is 1. The van der Waals surface area contributed by atoms with Crippen LogP contribution < -0.4 is 14.8 Å². The summed E-state index contributed by atoms with van der Waals surface area (Å²) in [5, 5.41) is 12.0. The fourth-order valence-corrected chi connectivity index (χ4v) is 3.37. The van der Waals surface area contributed by atoms with Crippen molar-refractivity contribution >= 4 is 17.2 Å². The van der Waals surface area contributed by atoms with E-state index >= 15 is 0 Å². The number of H-pyrrole nitrogens is 1. The molecule has 25 heavy (non-hydrogen) atoms. The number of benzene rings is 1. The van der Waals surface area contributed by atoms with Gasteiger partial charge in [0, 0.05) is 0 Å². The number of hydrogen-bond donors (Lipinski definition) is 2. The lowest BCUT2D eigenvalue weighted by molar-refractivity contribution is 0.0934. The monoisotopic (exact) mass is 355 g/mol. The minimum atomic E-state index is -0.221. The van der Waals surface area contributed by atoms with Crippen molar-refractivity contribution < 1.29 is 14.3 Å². The first kappa shape index (κ1) is 15.7. The van der Waals surface area contributed by atoms with Crippen LogP contribution in [0.15, 0.2) is 41.8 Å². The number of fused-ring (bicyclic) bond motifs is 1. The van der Waals surface area contributed by atoms with Crippen LogP contribution in [0.5, 0.6) is 11.5 Å². The molecule has 1 aliphatic heterocycles. The second kappa shape index (κ2) is 6.60. The van der Waals surface area contributed by atoms with Crippen molar-refractivity contribution in [3.8, 4) is 22.1 Å². The minimum Gasteiger partial charge on any atom is -0.486 e. The summed E-state index contributed by atoms with van der Waals surface area (Å²) in [5.74, 6) is 1.23. The number of rotatable bonds is 4. The Morgan fingerprint density at radius 3 is 2.88 bits per heavy atom. The third-order valence-corrected chi connectivity index (χ3v) is 4.91. The van der Waals surface area contributed by atoms with E-state index < -0.39 is 0 Å². The van der Waals surface area contributed by atoms with Crippen LogP contribution in [-0.2, 0) is 0 Å². The summed E-state index contributed by atoms with van der Waals surface area (Å²) in [6.07, 6.45) is 0. The van der Waals surface area contributed by atoms with Crippen molar-refractivity contribution in [2.45, 2.75) is 13.0 Å². The topological polar surface area (TPSA) is 76.2 Å². The third kappa shape index (κ3) is 3.23. The molecule has 7 heteroatoms. The van der Waals surface area contributed by atoms with Crippen LogP contribution in [0, 0.1) is 0 Å². The Hall–Kier alpha value is -2.80. The Labute approximate surface area is 148 Å². The van der Waals surface area contributed by atoms with Gasteiger partial charge in [0.2, 0.25) is 0 Å². The second-order valence-electron chi connectivity index (χ2n) is 5.74. The summed E-state index contributed by atoms with van der Waals surface area (Å²) >= 11 is 1.60. The predicted octanol–water partition coefficient (Wildman–Crippen LogP) is 3.40. The van der Waals surface area contributed by atoms with Gasteiger partial charge in [0.15, 0.2) is 17.2 Å². The van der Waals surface area contributed by atoms with Crippen LogP contribution in [-0.4, -0.2) is 29.3 Å². The number of carbonyl (C=O) groups is 1. The quantitative estimate of drug-likeness (QED) is 0.752. The summed E-state index contributed by atoms with van der Waals surface area (Å²) in [6.45, 7) is 3.02. The molecular formula is C18H17N3O3S. The summed E-state index contributed by atoms with van der Waals surface area (Å²) in [4.78, 5) is 13.5. The number of aromatic nitrogens is 2. The molecule has 3 heterocycles. The lowest BCUT2D eigenvalue weighted by Crippen LogP contribution is -2.27. The molecule has 1 unspecified atom stereocenters. The Morgan fingerprint density at radius 2 is 2.08 bits per heavy atom. The van der Waals surface area contributed by atoms with Crippen molar-refractivity contribution in [2.75, 3.05) is 13.2 Å². The predicted molar refractivity (Wildman–Crippen MR) is 95.2 cm³/mol. The van der Waals surface area contributed by atoms with Crippen LogP contribution >= 0.6 is 11.3 Å². The van der Waals surface area contributed by atoms with Gasteiger partial charge < -0.3 is 14.8 Å². The SMILES string of the molecule is CC(NC(=O)c1cc(-c2cccs2)[nH]n1)c1ccc2c(c1)OCCO2. The number of hydrogen-bond acceptors (Lipinski definition) is 5. The number of ether oxygens (including phenoxy) is 2. The molecule has 0 saturated heterocycles. The molecule has 2 N–H and O–H groups in total. The number of carbonyl (C=O) groups excluding carboxylic acids is 1. The van der Waals surface area contributed by atoms with Gasteiger partial charge in [-0.2, -0.15) is 5.10 Å². The summed E-state index contributed by atoms with van der Waals surface area (Å²) in [7, 11) is 0. The van der Waals surface area contributed by atoms with E-state index in [4.69, 9.17) is 9.47 Å². The normalized spacial score (nSPS) is 14.1. The van der Waals surface area contributed by atoms with Crippen molar-refractivity contribution in [3.05, 3.63) is 53.0 Å². The van der Waals surface area contributed by atoms with Gasteiger partial charge >= 0.3 is 0 Å². The largest absolute Gasteiger partial charge is 0.486 e. The zero-order valence-electron chi connectivity index (χ0n) is 13.6. The zero-order valence-corrected chi connectivity index (χ0v) is 14.4. The highest BCUT2D eigenvalue weighted by Crippen LogP contribution is 2.32. The Bertz CT molecular complexity index is 889. The van der Waals surface area contributed by atoms with Gasteiger partial charge in [0.25, 0.3) is 5.91 Å². The lowest BCUT2D eigenvalue weighted by atomic mass is 10.1. The molecule has 1 amide bonds. The summed E-state index contributed by atoms with van der Waals surface area (Å²) in [5.41, 5.74) is 2.16. The Balaban J connectivity index is 1.47. The third-order valence-electron chi connectivity index (χ3n) is 4.01. The standard InChI is InChI=1S/C18H17N3O3S/c1-11(12-4-5-15-16(9-12)24-7-6-23-15)19-18(22)14-10-13(20-21-14)17-3-2-8-25-17/h2-5,8-11H,6-7H2,1H3,(H,19,22)(H,20,21). The van der Waals surface area contributed by atoms with Crippen molar-refractivity contribution in [2.24, 2.45) is 0 Å². The van der Waals surface area contributed by atoms with Crippen LogP contribution in [0.2, 0.25) is 0 Å². The Kier molecular flexibility index (Phi) is 4.15. The molecule has 128 valence electrons. The minimum absolute atomic E-state index is 0.176. The molecule has 1 aromatic carbocycles. The molecule has 0 saturated carbocycles. The highest BCUT2D eigenvalue weighted by molar-refractivity contribution is 7.13. The maximum atomic E-state index is 12.5. The molecule has 0 bridgehead atoms. The number of amides is 1. The maximum Gasteiger partial charge on any atom is 0.272 e. The molecule has 3 aromatic rings. The highest BCUT2D eigenvalue weighted by atomic mass is 32.1. The second-order valence-corrected chi connectivity index (χ2v) is 6.69. The van der Waals surface area contributed by atoms with E-state index in [1.807, 2.05) is 42.6 Å². The molecule has 0 aliphatic carbocycles. The van der Waals surface area contributed by atoms with Gasteiger partial charge in [-0.3, -0.25) is 9.89 Å². The first-order chi connectivity index (χ1) is 12.2. The van der Waals surface area contributed by atoms with E-state index in [1.54, 1.807) is 17.4 Å². The molecule has 2 aromatic heterocycles. The van der Waals surface area contributed by atoms with Gasteiger partial charge in [-0.25, -0.2) is 0 Å². The number of thiophene rings is 1. The zero-order chi connectivity index (χ0) is 17.2. The van der Waals surface area contributed by atoms with E-state index in [0.29, 0.717) is 24.7 Å². The molecule has 6 nitrogen and oxygen atoms in total. The first-order valence-corrected chi connectivity index (χ1v) is 8.88. The smallest absolute Gasteiger partial charge is 0.272 e. The van der Waals surface area contributed by atoms with E-state index in [9.17, 15) is 4.79 Å². The van der Waals surface area contributed by atoms with Gasteiger partial charge in [0.1, 0.15) is 13.2 Å². The summed E-state index contributed by atoms with van der Waals surface area (Å²) < 4.78 is 11.1. The number of nitrogens with one attached hydrogen (secondary N) is 2. The van der Waals surface area contributed by atoms with Crippen LogP contribution in [0.4, 0.5) is 0 Å². The lowest BCUT2D eigenvalue weighted by Gasteiger charge is -2.21. The first-order valence-electron chi connectivity index (χ1n) is 8.00. The fraction of sp³-hybridized carbons (Fsp3) is 0.222. The van der Waals surface area contributed by atoms with E-state index in [1.165, 1.54) is 0 Å². The van der Waals surface area contributed by atoms with Gasteiger partial charge in [-0.1, -0.05) is 12.1 Å². The molecule has 0 radical (unpaired) electrons. The highest BCUT2D eigenvalue weighted by Gasteiger charge is 2.18. The van der Waals surface area contributed by atoms with Crippen LogP contribution in [0.3, 0.4) is 0 Å². The van der Waals surface area contributed by atoms with E-state index in [0.717, 1.165) is 21.9 Å². The summed E-state index contributed by atoms with van der Waals surface area (Å²) in [6, 6.07) is 11.2.